The van der Waals surface area contributed by atoms with Gasteiger partial charge in [-0.1, -0.05) is 23.2 Å². The van der Waals surface area contributed by atoms with Gasteiger partial charge in [0.2, 0.25) is 0 Å². The van der Waals surface area contributed by atoms with E-state index >= 15 is 0 Å². The van der Waals surface area contributed by atoms with E-state index in [1.54, 1.807) is 0 Å². The van der Waals surface area contributed by atoms with E-state index in [1.807, 2.05) is 0 Å². The number of phosphoric acid groups is 1. The van der Waals surface area contributed by atoms with Gasteiger partial charge in [0, 0.05) is 10.0 Å². The maximum atomic E-state index is 11.7. The van der Waals surface area contributed by atoms with Gasteiger partial charge >= 0.3 is 7.82 Å². The van der Waals surface area contributed by atoms with Crippen LogP contribution in [-0.2, 0) is 4.57 Å². The van der Waals surface area contributed by atoms with Gasteiger partial charge in [-0.25, -0.2) is 4.57 Å². The summed E-state index contributed by atoms with van der Waals surface area (Å²) in [5.41, 5.74) is 0. The topological polar surface area (TPSA) is 58.6 Å². The van der Waals surface area contributed by atoms with Crippen LogP contribution in [0.15, 0.2) is 48.5 Å². The average molecular weight is 318 g/mol. The molecule has 19 heavy (non-hydrogen) atoms. The minimum absolute atomic E-state index is 0.122. The van der Waals surface area contributed by atoms with Gasteiger partial charge in [0.1, 0.15) is 11.5 Å². The lowest BCUT2D eigenvalue weighted by Crippen LogP contribution is -2.12. The van der Waals surface area contributed by atoms with Crippen LogP contribution < -0.4 is 13.9 Å². The van der Waals surface area contributed by atoms with Crippen LogP contribution in [0.2, 0.25) is 10.0 Å². The second kappa shape index (κ2) is 5.85. The molecule has 0 unspecified atom stereocenters. The molecule has 2 aromatic carbocycles. The molecule has 0 aliphatic heterocycles. The lowest BCUT2D eigenvalue weighted by atomic mass is 10.3. The summed E-state index contributed by atoms with van der Waals surface area (Å²) >= 11 is 11.4. The second-order valence-corrected chi connectivity index (χ2v) is 5.67. The molecule has 7 heteroatoms. The Labute approximate surface area is 120 Å². The van der Waals surface area contributed by atoms with Crippen molar-refractivity contribution in [2.45, 2.75) is 0 Å². The minimum Gasteiger partial charge on any atom is -0.736 e. The maximum absolute atomic E-state index is 11.7. The molecular formula is C12H8Cl2O4P-. The van der Waals surface area contributed by atoms with Crippen molar-refractivity contribution in [2.75, 3.05) is 0 Å². The Morgan fingerprint density at radius 2 is 1.11 bits per heavy atom. The summed E-state index contributed by atoms with van der Waals surface area (Å²) in [5, 5.41) is 0.957. The van der Waals surface area contributed by atoms with Gasteiger partial charge in [0.25, 0.3) is 0 Å². The number of benzene rings is 2. The fourth-order valence-electron chi connectivity index (χ4n) is 1.27. The predicted octanol–water partition coefficient (Wildman–Crippen LogP) is 3.92. The van der Waals surface area contributed by atoms with Crippen molar-refractivity contribution in [3.63, 3.8) is 0 Å². The summed E-state index contributed by atoms with van der Waals surface area (Å²) in [5.74, 6) is 0.244. The molecule has 0 saturated carbocycles. The molecule has 0 N–H and O–H groups in total. The van der Waals surface area contributed by atoms with E-state index in [0.717, 1.165) is 0 Å². The van der Waals surface area contributed by atoms with Gasteiger partial charge < -0.3 is 13.9 Å². The monoisotopic (exact) mass is 317 g/mol. The fourth-order valence-corrected chi connectivity index (χ4v) is 2.32. The average Bonchev–Trinajstić information content (AvgIpc) is 2.34. The fraction of sp³-hybridized carbons (Fsp3) is 0. The van der Waals surface area contributed by atoms with E-state index < -0.39 is 7.82 Å². The highest BCUT2D eigenvalue weighted by Gasteiger charge is 2.13. The summed E-state index contributed by atoms with van der Waals surface area (Å²) in [7, 11) is -4.50. The van der Waals surface area contributed by atoms with Gasteiger partial charge in [-0.05, 0) is 48.5 Å². The molecule has 0 aliphatic carbocycles. The van der Waals surface area contributed by atoms with E-state index in [-0.39, 0.29) is 11.5 Å². The van der Waals surface area contributed by atoms with Crippen LogP contribution in [0.4, 0.5) is 0 Å². The van der Waals surface area contributed by atoms with E-state index in [1.165, 1.54) is 48.5 Å². The third-order valence-corrected chi connectivity index (χ3v) is 3.43. The van der Waals surface area contributed by atoms with Crippen molar-refractivity contribution in [3.05, 3.63) is 58.6 Å². The smallest absolute Gasteiger partial charge is 0.372 e. The van der Waals surface area contributed by atoms with Crippen molar-refractivity contribution < 1.29 is 18.5 Å². The zero-order valence-electron chi connectivity index (χ0n) is 9.45. The summed E-state index contributed by atoms with van der Waals surface area (Å²) in [6.07, 6.45) is 0. The molecular weight excluding hydrogens is 310 g/mol. The van der Waals surface area contributed by atoms with Crippen LogP contribution >= 0.6 is 31.0 Å². The molecule has 2 rings (SSSR count). The first-order valence-corrected chi connectivity index (χ1v) is 7.38. The Kier molecular flexibility index (Phi) is 4.38. The zero-order chi connectivity index (χ0) is 13.9. The third kappa shape index (κ3) is 4.44. The van der Waals surface area contributed by atoms with Gasteiger partial charge in [0.15, 0.2) is 0 Å². The highest BCUT2D eigenvalue weighted by atomic mass is 35.5. The van der Waals surface area contributed by atoms with Crippen molar-refractivity contribution in [3.8, 4) is 11.5 Å². The van der Waals surface area contributed by atoms with Gasteiger partial charge in [-0.2, -0.15) is 0 Å². The first-order chi connectivity index (χ1) is 8.94. The van der Waals surface area contributed by atoms with Crippen molar-refractivity contribution in [1.29, 1.82) is 0 Å². The Hall–Kier alpha value is -1.19. The predicted molar refractivity (Wildman–Crippen MR) is 71.8 cm³/mol. The molecule has 0 amide bonds. The Morgan fingerprint density at radius 3 is 1.42 bits per heavy atom. The van der Waals surface area contributed by atoms with E-state index in [2.05, 4.69) is 0 Å². The normalized spacial score (nSPS) is 11.1. The van der Waals surface area contributed by atoms with Crippen LogP contribution in [0.25, 0.3) is 0 Å². The number of phosphoric ester groups is 1. The first kappa shape index (κ1) is 14.2. The molecule has 0 aromatic heterocycles. The van der Waals surface area contributed by atoms with Crippen LogP contribution in [0.3, 0.4) is 0 Å². The standard InChI is InChI=1S/C12H9Cl2O4P/c13-9-1-5-11(6-2-9)17-19(15,16)18-12-7-3-10(14)4-8-12/h1-8H,(H,15,16)/p-1. The summed E-state index contributed by atoms with van der Waals surface area (Å²) in [4.78, 5) is 11.7. The molecule has 0 spiro atoms. The molecule has 100 valence electrons. The molecule has 0 fully saturated rings. The maximum Gasteiger partial charge on any atom is 0.372 e. The van der Waals surface area contributed by atoms with E-state index in [9.17, 15) is 9.46 Å². The van der Waals surface area contributed by atoms with E-state index in [0.29, 0.717) is 10.0 Å². The summed E-state index contributed by atoms with van der Waals surface area (Å²) in [6.45, 7) is 0. The summed E-state index contributed by atoms with van der Waals surface area (Å²) in [6, 6.07) is 11.8. The number of halogens is 2. The van der Waals surface area contributed by atoms with E-state index in [4.69, 9.17) is 32.2 Å². The van der Waals surface area contributed by atoms with Crippen LogP contribution in [-0.4, -0.2) is 0 Å². The quantitative estimate of drug-likeness (QED) is 0.802. The molecule has 0 bridgehead atoms. The number of rotatable bonds is 4. The molecule has 0 heterocycles. The third-order valence-electron chi connectivity index (χ3n) is 2.06. The Balaban J connectivity index is 2.08. The molecule has 0 radical (unpaired) electrons. The lowest BCUT2D eigenvalue weighted by Gasteiger charge is -2.23. The molecule has 0 aliphatic rings. The highest BCUT2D eigenvalue weighted by molar-refractivity contribution is 7.46. The van der Waals surface area contributed by atoms with Gasteiger partial charge in [-0.3, -0.25) is 0 Å². The number of hydrogen-bond acceptors (Lipinski definition) is 4. The van der Waals surface area contributed by atoms with Crippen LogP contribution in [0.1, 0.15) is 0 Å². The largest absolute Gasteiger partial charge is 0.736 e. The van der Waals surface area contributed by atoms with Gasteiger partial charge in [-0.15, -0.1) is 0 Å². The molecule has 0 atom stereocenters. The Morgan fingerprint density at radius 1 is 0.789 bits per heavy atom. The van der Waals surface area contributed by atoms with Crippen LogP contribution in [0.5, 0.6) is 11.5 Å². The first-order valence-electron chi connectivity index (χ1n) is 5.16. The van der Waals surface area contributed by atoms with Gasteiger partial charge in [0.05, 0.1) is 0 Å². The second-order valence-electron chi connectivity index (χ2n) is 3.54. The molecule has 2 aromatic rings. The Bertz CT molecular complexity index is 547. The molecule has 4 nitrogen and oxygen atoms in total. The van der Waals surface area contributed by atoms with Crippen molar-refractivity contribution in [1.82, 2.24) is 0 Å². The SMILES string of the molecule is O=P([O-])(Oc1ccc(Cl)cc1)Oc1ccc(Cl)cc1. The minimum atomic E-state index is -4.50. The lowest BCUT2D eigenvalue weighted by molar-refractivity contribution is -0.208. The van der Waals surface area contributed by atoms with Crippen LogP contribution in [0, 0.1) is 0 Å². The van der Waals surface area contributed by atoms with Crippen molar-refractivity contribution in [2.24, 2.45) is 0 Å². The number of hydrogen-bond donors (Lipinski definition) is 0. The zero-order valence-corrected chi connectivity index (χ0v) is 11.9. The highest BCUT2D eigenvalue weighted by Crippen LogP contribution is 2.40. The molecule has 0 saturated heterocycles. The van der Waals surface area contributed by atoms with Crippen molar-refractivity contribution >= 4 is 31.0 Å². The summed E-state index contributed by atoms with van der Waals surface area (Å²) < 4.78 is 21.2.